The van der Waals surface area contributed by atoms with E-state index < -0.39 is 0 Å². The highest BCUT2D eigenvalue weighted by Crippen LogP contribution is 2.27. The fourth-order valence-corrected chi connectivity index (χ4v) is 2.62. The summed E-state index contributed by atoms with van der Waals surface area (Å²) in [4.78, 5) is 0. The Bertz CT molecular complexity index is 787. The van der Waals surface area contributed by atoms with Crippen LogP contribution in [0.1, 0.15) is 11.5 Å². The van der Waals surface area contributed by atoms with Crippen LogP contribution >= 0.6 is 27.5 Å². The number of aryl methyl sites for hydroxylation is 1. The third-order valence-corrected chi connectivity index (χ3v) is 3.87. The lowest BCUT2D eigenvalue weighted by molar-refractivity contribution is 0.263. The summed E-state index contributed by atoms with van der Waals surface area (Å²) >= 11 is 9.32. The maximum atomic E-state index is 5.86. The van der Waals surface area contributed by atoms with Crippen LogP contribution in [0.4, 0.5) is 0 Å². The van der Waals surface area contributed by atoms with Crippen LogP contribution in [0.3, 0.4) is 0 Å². The van der Waals surface area contributed by atoms with E-state index in [1.807, 2.05) is 37.3 Å². The molecular weight excluding hydrogens is 368 g/mol. The summed E-state index contributed by atoms with van der Waals surface area (Å²) in [5, 5.41) is 8.66. The monoisotopic (exact) mass is 378 g/mol. The first kappa shape index (κ1) is 15.1. The smallest absolute Gasteiger partial charge is 0.254 e. The Morgan fingerprint density at radius 1 is 1.14 bits per heavy atom. The number of nitrogens with zero attached hydrogens (tertiary/aromatic N) is 2. The highest BCUT2D eigenvalue weighted by molar-refractivity contribution is 9.10. The second-order valence-corrected chi connectivity index (χ2v) is 6.02. The van der Waals surface area contributed by atoms with E-state index >= 15 is 0 Å². The lowest BCUT2D eigenvalue weighted by atomic mass is 10.2. The Kier molecular flexibility index (Phi) is 4.45. The molecule has 3 aromatic rings. The van der Waals surface area contributed by atoms with Crippen LogP contribution in [0, 0.1) is 6.92 Å². The zero-order valence-corrected chi connectivity index (χ0v) is 14.1. The summed E-state index contributed by atoms with van der Waals surface area (Å²) in [5.74, 6) is 1.59. The predicted molar refractivity (Wildman–Crippen MR) is 88.0 cm³/mol. The van der Waals surface area contributed by atoms with E-state index in [4.69, 9.17) is 20.8 Å². The number of aromatic nitrogens is 2. The summed E-state index contributed by atoms with van der Waals surface area (Å²) in [5.41, 5.74) is 1.97. The van der Waals surface area contributed by atoms with Crippen molar-refractivity contribution in [3.05, 3.63) is 63.4 Å². The Morgan fingerprint density at radius 2 is 1.91 bits per heavy atom. The summed E-state index contributed by atoms with van der Waals surface area (Å²) < 4.78 is 12.2. The normalized spacial score (nSPS) is 10.7. The van der Waals surface area contributed by atoms with Gasteiger partial charge in [-0.2, -0.15) is 0 Å². The lowest BCUT2D eigenvalue weighted by Crippen LogP contribution is -1.96. The van der Waals surface area contributed by atoms with Crippen molar-refractivity contribution in [2.24, 2.45) is 0 Å². The summed E-state index contributed by atoms with van der Waals surface area (Å²) in [6.07, 6.45) is 0. The molecule has 0 unspecified atom stereocenters. The van der Waals surface area contributed by atoms with Crippen molar-refractivity contribution in [3.63, 3.8) is 0 Å². The van der Waals surface area contributed by atoms with Crippen molar-refractivity contribution in [2.45, 2.75) is 13.5 Å². The third-order valence-electron chi connectivity index (χ3n) is 3.00. The van der Waals surface area contributed by atoms with Crippen LogP contribution in [0.15, 0.2) is 51.4 Å². The molecule has 0 aliphatic heterocycles. The van der Waals surface area contributed by atoms with Crippen molar-refractivity contribution in [3.8, 4) is 17.2 Å². The zero-order chi connectivity index (χ0) is 15.5. The molecule has 112 valence electrons. The van der Waals surface area contributed by atoms with Crippen molar-refractivity contribution < 1.29 is 9.15 Å². The van der Waals surface area contributed by atoms with Crippen LogP contribution in [0.25, 0.3) is 11.5 Å². The van der Waals surface area contributed by atoms with Crippen LogP contribution < -0.4 is 4.74 Å². The molecule has 0 saturated heterocycles. The molecule has 0 fully saturated rings. The molecule has 0 bridgehead atoms. The molecule has 0 atom stereocenters. The first-order valence-electron chi connectivity index (χ1n) is 6.59. The van der Waals surface area contributed by atoms with Crippen LogP contribution in [0.5, 0.6) is 5.75 Å². The van der Waals surface area contributed by atoms with Gasteiger partial charge < -0.3 is 9.15 Å². The maximum Gasteiger partial charge on any atom is 0.254 e. The highest BCUT2D eigenvalue weighted by Gasteiger charge is 2.10. The average Bonchev–Trinajstić information content (AvgIpc) is 2.96. The van der Waals surface area contributed by atoms with Gasteiger partial charge in [-0.25, -0.2) is 0 Å². The minimum atomic E-state index is 0.211. The lowest BCUT2D eigenvalue weighted by Gasteiger charge is -2.06. The molecule has 4 nitrogen and oxygen atoms in total. The van der Waals surface area contributed by atoms with Crippen molar-refractivity contribution in [1.29, 1.82) is 0 Å². The molecule has 0 aliphatic carbocycles. The molecule has 2 aromatic carbocycles. The fourth-order valence-electron chi connectivity index (χ4n) is 1.88. The van der Waals surface area contributed by atoms with E-state index in [9.17, 15) is 0 Å². The van der Waals surface area contributed by atoms with Crippen molar-refractivity contribution in [1.82, 2.24) is 10.2 Å². The van der Waals surface area contributed by atoms with Gasteiger partial charge in [0.25, 0.3) is 5.89 Å². The van der Waals surface area contributed by atoms with Gasteiger partial charge in [-0.1, -0.05) is 17.7 Å². The number of benzene rings is 2. The molecule has 0 aliphatic rings. The van der Waals surface area contributed by atoms with E-state index in [1.165, 1.54) is 0 Å². The topological polar surface area (TPSA) is 48.2 Å². The van der Waals surface area contributed by atoms with Gasteiger partial charge in [-0.05, 0) is 64.8 Å². The second kappa shape index (κ2) is 6.50. The summed E-state index contributed by atoms with van der Waals surface area (Å²) in [6.45, 7) is 2.23. The Hall–Kier alpha value is -1.85. The van der Waals surface area contributed by atoms with Crippen molar-refractivity contribution >= 4 is 27.5 Å². The molecule has 0 radical (unpaired) electrons. The molecule has 0 saturated carbocycles. The third kappa shape index (κ3) is 3.48. The van der Waals surface area contributed by atoms with Gasteiger partial charge in [0.05, 0.1) is 4.47 Å². The fraction of sp³-hybridized carbons (Fsp3) is 0.125. The SMILES string of the molecule is Cc1ccc(OCc2nnc(-c3ccc(Cl)cc3)o2)c(Br)c1. The Morgan fingerprint density at radius 3 is 2.64 bits per heavy atom. The number of ether oxygens (including phenoxy) is 1. The van der Waals surface area contributed by atoms with E-state index in [0.717, 1.165) is 21.3 Å². The van der Waals surface area contributed by atoms with Crippen LogP contribution in [-0.2, 0) is 6.61 Å². The molecule has 22 heavy (non-hydrogen) atoms. The molecule has 6 heteroatoms. The molecule has 1 heterocycles. The quantitative estimate of drug-likeness (QED) is 0.637. The minimum absolute atomic E-state index is 0.211. The summed E-state index contributed by atoms with van der Waals surface area (Å²) in [6, 6.07) is 13.1. The molecule has 0 spiro atoms. The van der Waals surface area contributed by atoms with Crippen LogP contribution in [0.2, 0.25) is 5.02 Å². The first-order valence-corrected chi connectivity index (χ1v) is 7.76. The first-order chi connectivity index (χ1) is 10.6. The minimum Gasteiger partial charge on any atom is -0.483 e. The Balaban J connectivity index is 1.70. The molecule has 0 amide bonds. The highest BCUT2D eigenvalue weighted by atomic mass is 79.9. The van der Waals surface area contributed by atoms with E-state index in [2.05, 4.69) is 26.1 Å². The zero-order valence-electron chi connectivity index (χ0n) is 11.7. The van der Waals surface area contributed by atoms with E-state index in [0.29, 0.717) is 16.8 Å². The molecule has 0 N–H and O–H groups in total. The summed E-state index contributed by atoms with van der Waals surface area (Å²) in [7, 11) is 0. The largest absolute Gasteiger partial charge is 0.483 e. The average molecular weight is 380 g/mol. The van der Waals surface area contributed by atoms with Crippen LogP contribution in [-0.4, -0.2) is 10.2 Å². The Labute approximate surface area is 141 Å². The van der Waals surface area contributed by atoms with Crippen molar-refractivity contribution in [2.75, 3.05) is 0 Å². The molecule has 1 aromatic heterocycles. The standard InChI is InChI=1S/C16H12BrClN2O2/c1-10-2-7-14(13(17)8-10)21-9-15-19-20-16(22-15)11-3-5-12(18)6-4-11/h2-8H,9H2,1H3. The number of halogens is 2. The van der Waals surface area contributed by atoms with Gasteiger partial charge in [0.1, 0.15) is 5.75 Å². The molecular formula is C16H12BrClN2O2. The number of hydrogen-bond acceptors (Lipinski definition) is 4. The van der Waals surface area contributed by atoms with Gasteiger partial charge in [0, 0.05) is 10.6 Å². The maximum absolute atomic E-state index is 5.86. The number of rotatable bonds is 4. The van der Waals surface area contributed by atoms with Gasteiger partial charge in [-0.3, -0.25) is 0 Å². The van der Waals surface area contributed by atoms with Gasteiger partial charge >= 0.3 is 0 Å². The van der Waals surface area contributed by atoms with Gasteiger partial charge in [0.2, 0.25) is 5.89 Å². The van der Waals surface area contributed by atoms with Gasteiger partial charge in [0.15, 0.2) is 6.61 Å². The van der Waals surface area contributed by atoms with Gasteiger partial charge in [-0.15, -0.1) is 10.2 Å². The van der Waals surface area contributed by atoms with E-state index in [1.54, 1.807) is 12.1 Å². The molecule has 3 rings (SSSR count). The predicted octanol–water partition coefficient (Wildman–Crippen LogP) is 5.04. The number of hydrogen-bond donors (Lipinski definition) is 0. The second-order valence-electron chi connectivity index (χ2n) is 4.73. The van der Waals surface area contributed by atoms with E-state index in [-0.39, 0.29) is 6.61 Å².